The van der Waals surface area contributed by atoms with E-state index in [4.69, 9.17) is 0 Å². The number of anilines is 1. The molecule has 2 atom stereocenters. The van der Waals surface area contributed by atoms with E-state index in [9.17, 15) is 14.4 Å². The molecule has 0 radical (unpaired) electrons. The first-order valence-electron chi connectivity index (χ1n) is 10.5. The Balaban J connectivity index is 1.45. The number of hydrogen-bond acceptors (Lipinski definition) is 5. The summed E-state index contributed by atoms with van der Waals surface area (Å²) in [6.07, 6.45) is 2.96. The molecule has 2 fully saturated rings. The summed E-state index contributed by atoms with van der Waals surface area (Å²) in [5, 5.41) is 5.99. The first kappa shape index (κ1) is 19.9. The van der Waals surface area contributed by atoms with Crippen molar-refractivity contribution in [3.05, 3.63) is 29.3 Å². The van der Waals surface area contributed by atoms with E-state index in [-0.39, 0.29) is 29.7 Å². The topological polar surface area (TPSA) is 81.8 Å². The van der Waals surface area contributed by atoms with Gasteiger partial charge in [0, 0.05) is 42.3 Å². The lowest BCUT2D eigenvalue weighted by molar-refractivity contribution is -0.136. The van der Waals surface area contributed by atoms with Crippen LogP contribution in [0.15, 0.2) is 18.2 Å². The van der Waals surface area contributed by atoms with Crippen LogP contribution < -0.4 is 10.6 Å². The lowest BCUT2D eigenvalue weighted by Gasteiger charge is -2.42. The Bertz CT molecular complexity index is 845. The summed E-state index contributed by atoms with van der Waals surface area (Å²) in [7, 11) is 0. The van der Waals surface area contributed by atoms with Gasteiger partial charge in [0.15, 0.2) is 0 Å². The van der Waals surface area contributed by atoms with E-state index in [1.54, 1.807) is 4.90 Å². The number of carbonyl (C=O) groups excluding carboxylic acids is 3. The summed E-state index contributed by atoms with van der Waals surface area (Å²) in [4.78, 5) is 40.5. The van der Waals surface area contributed by atoms with Gasteiger partial charge in [-0.3, -0.25) is 24.6 Å². The van der Waals surface area contributed by atoms with E-state index in [1.165, 1.54) is 6.42 Å². The number of nitrogens with zero attached hydrogens (tertiary/aromatic N) is 2. The Kier molecular flexibility index (Phi) is 5.11. The van der Waals surface area contributed by atoms with Crippen molar-refractivity contribution in [3.63, 3.8) is 0 Å². The zero-order valence-electron chi connectivity index (χ0n) is 17.5. The van der Waals surface area contributed by atoms with Gasteiger partial charge < -0.3 is 10.2 Å². The summed E-state index contributed by atoms with van der Waals surface area (Å²) in [5.74, 6) is -0.762. The lowest BCUT2D eigenvalue weighted by Crippen LogP contribution is -2.52. The zero-order valence-corrected chi connectivity index (χ0v) is 17.5. The van der Waals surface area contributed by atoms with Crippen LogP contribution >= 0.6 is 0 Å². The van der Waals surface area contributed by atoms with Gasteiger partial charge in [-0.2, -0.15) is 0 Å². The number of imide groups is 1. The standard InChI is InChI=1S/C22H30N4O3/c1-22(2,3)25-10-4-5-16(13-25)23-15-6-7-17-14(11-15)12-26(21(17)29)18-8-9-19(27)24-20(18)28/h6-7,11,16,18,23H,4-5,8-10,12-13H2,1-3H3,(H,24,27,28)/t16-,18-/m1/s1. The number of nitrogens with one attached hydrogen (secondary N) is 2. The molecule has 0 spiro atoms. The van der Waals surface area contributed by atoms with Gasteiger partial charge in [0.1, 0.15) is 6.04 Å². The fraction of sp³-hybridized carbons (Fsp3) is 0.591. The minimum atomic E-state index is -0.567. The maximum atomic E-state index is 12.8. The highest BCUT2D eigenvalue weighted by molar-refractivity contribution is 6.05. The third kappa shape index (κ3) is 4.01. The molecule has 0 aliphatic carbocycles. The molecule has 29 heavy (non-hydrogen) atoms. The summed E-state index contributed by atoms with van der Waals surface area (Å²) >= 11 is 0. The maximum Gasteiger partial charge on any atom is 0.255 e. The van der Waals surface area contributed by atoms with Gasteiger partial charge in [-0.1, -0.05) is 0 Å². The van der Waals surface area contributed by atoms with Crippen LogP contribution in [0.1, 0.15) is 62.4 Å². The zero-order chi connectivity index (χ0) is 20.8. The van der Waals surface area contributed by atoms with E-state index < -0.39 is 6.04 Å². The first-order chi connectivity index (χ1) is 13.7. The third-order valence-corrected chi connectivity index (χ3v) is 6.26. The van der Waals surface area contributed by atoms with Gasteiger partial charge >= 0.3 is 0 Å². The number of piperidine rings is 2. The smallest absolute Gasteiger partial charge is 0.255 e. The molecule has 1 aromatic carbocycles. The fourth-order valence-corrected chi connectivity index (χ4v) is 4.60. The van der Waals surface area contributed by atoms with Crippen LogP contribution in [0.25, 0.3) is 0 Å². The average Bonchev–Trinajstić information content (AvgIpc) is 2.97. The van der Waals surface area contributed by atoms with E-state index in [0.29, 0.717) is 24.6 Å². The Morgan fingerprint density at radius 1 is 1.14 bits per heavy atom. The molecule has 3 amide bonds. The highest BCUT2D eigenvalue weighted by Gasteiger charge is 2.39. The predicted molar refractivity (Wildman–Crippen MR) is 110 cm³/mol. The van der Waals surface area contributed by atoms with Crippen LogP contribution in [0, 0.1) is 0 Å². The van der Waals surface area contributed by atoms with Gasteiger partial charge in [0.25, 0.3) is 5.91 Å². The second kappa shape index (κ2) is 7.44. The Hall–Kier alpha value is -2.41. The van der Waals surface area contributed by atoms with Crippen molar-refractivity contribution in [2.75, 3.05) is 18.4 Å². The van der Waals surface area contributed by atoms with Gasteiger partial charge in [-0.05, 0) is 70.3 Å². The Labute approximate surface area is 171 Å². The van der Waals surface area contributed by atoms with Crippen LogP contribution in [0.3, 0.4) is 0 Å². The molecular weight excluding hydrogens is 368 g/mol. The second-order valence-corrected chi connectivity index (χ2v) is 9.37. The molecule has 3 aliphatic rings. The fourth-order valence-electron chi connectivity index (χ4n) is 4.60. The molecule has 0 unspecified atom stereocenters. The van der Waals surface area contributed by atoms with E-state index in [2.05, 4.69) is 36.3 Å². The second-order valence-electron chi connectivity index (χ2n) is 9.37. The van der Waals surface area contributed by atoms with Crippen molar-refractivity contribution >= 4 is 23.4 Å². The highest BCUT2D eigenvalue weighted by Crippen LogP contribution is 2.30. The van der Waals surface area contributed by atoms with Crippen molar-refractivity contribution in [2.45, 2.75) is 70.6 Å². The molecule has 7 heteroatoms. The van der Waals surface area contributed by atoms with Gasteiger partial charge in [0.05, 0.1) is 0 Å². The predicted octanol–water partition coefficient (Wildman–Crippen LogP) is 2.12. The molecule has 7 nitrogen and oxygen atoms in total. The normalized spacial score (nSPS) is 25.8. The Morgan fingerprint density at radius 2 is 1.93 bits per heavy atom. The van der Waals surface area contributed by atoms with Crippen LogP contribution in [0.2, 0.25) is 0 Å². The number of fused-ring (bicyclic) bond motifs is 1. The summed E-state index contributed by atoms with van der Waals surface area (Å²) < 4.78 is 0. The van der Waals surface area contributed by atoms with Crippen LogP contribution in [0.5, 0.6) is 0 Å². The number of amides is 3. The lowest BCUT2D eigenvalue weighted by atomic mass is 9.98. The number of hydrogen-bond donors (Lipinski definition) is 2. The van der Waals surface area contributed by atoms with Gasteiger partial charge in [-0.15, -0.1) is 0 Å². The quantitative estimate of drug-likeness (QED) is 0.763. The van der Waals surface area contributed by atoms with E-state index >= 15 is 0 Å². The maximum absolute atomic E-state index is 12.8. The molecule has 2 saturated heterocycles. The Morgan fingerprint density at radius 3 is 2.66 bits per heavy atom. The minimum absolute atomic E-state index is 0.127. The summed E-state index contributed by atoms with van der Waals surface area (Å²) in [5.41, 5.74) is 2.77. The van der Waals surface area contributed by atoms with Gasteiger partial charge in [-0.25, -0.2) is 0 Å². The number of benzene rings is 1. The van der Waals surface area contributed by atoms with Crippen molar-refractivity contribution in [1.82, 2.24) is 15.1 Å². The van der Waals surface area contributed by atoms with Crippen LogP contribution in [0.4, 0.5) is 5.69 Å². The molecule has 4 rings (SSSR count). The molecule has 156 valence electrons. The monoisotopic (exact) mass is 398 g/mol. The number of rotatable bonds is 3. The average molecular weight is 399 g/mol. The van der Waals surface area contributed by atoms with Crippen LogP contribution in [-0.2, 0) is 16.1 Å². The molecule has 0 aromatic heterocycles. The largest absolute Gasteiger partial charge is 0.381 e. The molecule has 0 bridgehead atoms. The van der Waals surface area contributed by atoms with E-state index in [1.807, 2.05) is 18.2 Å². The van der Waals surface area contributed by atoms with Gasteiger partial charge in [0.2, 0.25) is 11.8 Å². The molecule has 1 aromatic rings. The SMILES string of the molecule is CC(C)(C)N1CCC[C@@H](Nc2ccc3c(c2)CN([C@@H]2CCC(=O)NC2=O)C3=O)C1. The van der Waals surface area contributed by atoms with E-state index in [0.717, 1.165) is 30.8 Å². The molecule has 3 aliphatic heterocycles. The number of carbonyl (C=O) groups is 3. The molecule has 2 N–H and O–H groups in total. The van der Waals surface area contributed by atoms with Crippen LogP contribution in [-0.4, -0.2) is 58.2 Å². The minimum Gasteiger partial charge on any atom is -0.381 e. The third-order valence-electron chi connectivity index (χ3n) is 6.26. The molecule has 3 heterocycles. The van der Waals surface area contributed by atoms with Crippen molar-refractivity contribution < 1.29 is 14.4 Å². The summed E-state index contributed by atoms with van der Waals surface area (Å²) in [6, 6.07) is 5.67. The van der Waals surface area contributed by atoms with Crippen molar-refractivity contribution in [2.24, 2.45) is 0 Å². The first-order valence-corrected chi connectivity index (χ1v) is 10.5. The molecular formula is C22H30N4O3. The summed E-state index contributed by atoms with van der Waals surface area (Å²) in [6.45, 7) is 9.29. The number of likely N-dealkylation sites (tertiary alicyclic amines) is 1. The van der Waals surface area contributed by atoms with Crippen molar-refractivity contribution in [1.29, 1.82) is 0 Å². The molecule has 0 saturated carbocycles. The van der Waals surface area contributed by atoms with Crippen molar-refractivity contribution in [3.8, 4) is 0 Å². The highest BCUT2D eigenvalue weighted by atomic mass is 16.2.